The summed E-state index contributed by atoms with van der Waals surface area (Å²) < 4.78 is 0. The molecule has 1 N–H and O–H groups in total. The molecule has 7 nitrogen and oxygen atoms in total. The molecule has 1 aliphatic rings. The van der Waals surface area contributed by atoms with E-state index in [1.807, 2.05) is 0 Å². The number of nitrogens with one attached hydrogen (secondary N) is 1. The molecule has 0 atom stereocenters. The molecule has 0 radical (unpaired) electrons. The molecule has 2 aromatic rings. The van der Waals surface area contributed by atoms with Crippen molar-refractivity contribution in [2.75, 3.05) is 0 Å². The number of nitrogens with zero attached hydrogens (tertiary/aromatic N) is 2. The van der Waals surface area contributed by atoms with Crippen LogP contribution in [-0.4, -0.2) is 26.5 Å². The second kappa shape index (κ2) is 4.23. The van der Waals surface area contributed by atoms with Gasteiger partial charge in [0.15, 0.2) is 0 Å². The van der Waals surface area contributed by atoms with Crippen LogP contribution in [0.15, 0.2) is 36.4 Å². The Morgan fingerprint density at radius 2 is 1.80 bits per heavy atom. The van der Waals surface area contributed by atoms with Crippen molar-refractivity contribution < 1.29 is 14.5 Å². The third kappa shape index (κ3) is 1.72. The van der Waals surface area contributed by atoms with Gasteiger partial charge in [0.2, 0.25) is 11.6 Å². The lowest BCUT2D eigenvalue weighted by atomic mass is 10.1. The van der Waals surface area contributed by atoms with E-state index in [1.54, 1.807) is 6.07 Å². The lowest BCUT2D eigenvalue weighted by molar-refractivity contribution is -0.384. The number of aromatic amines is 1. The fourth-order valence-corrected chi connectivity index (χ4v) is 2.00. The van der Waals surface area contributed by atoms with Crippen LogP contribution in [-0.2, 0) is 0 Å². The van der Waals surface area contributed by atoms with Crippen molar-refractivity contribution in [3.05, 3.63) is 57.9 Å². The predicted molar refractivity (Wildman–Crippen MR) is 68.5 cm³/mol. The molecule has 1 aromatic heterocycles. The maximum Gasteiger partial charge on any atom is 0.280 e. The standard InChI is InChI=1S/C13H7N3O4/c17-9-5-6-10(18)12-11(9)14-13(15-12)7-3-1-2-4-8(7)16(19)20/h1-6H,(H,14,15). The maximum absolute atomic E-state index is 11.7. The molecule has 3 rings (SSSR count). The molecule has 0 bridgehead atoms. The van der Waals surface area contributed by atoms with E-state index in [0.29, 0.717) is 0 Å². The summed E-state index contributed by atoms with van der Waals surface area (Å²) in [5.41, 5.74) is 0.134. The van der Waals surface area contributed by atoms with Crippen molar-refractivity contribution in [1.82, 2.24) is 9.97 Å². The number of ketones is 2. The summed E-state index contributed by atoms with van der Waals surface area (Å²) in [6, 6.07) is 5.98. The van der Waals surface area contributed by atoms with Crippen LogP contribution in [0.3, 0.4) is 0 Å². The number of H-pyrrole nitrogens is 1. The summed E-state index contributed by atoms with van der Waals surface area (Å²) in [5, 5.41) is 11.0. The van der Waals surface area contributed by atoms with E-state index in [0.717, 1.165) is 12.2 Å². The second-order valence-electron chi connectivity index (χ2n) is 4.15. The third-order valence-electron chi connectivity index (χ3n) is 2.93. The summed E-state index contributed by atoms with van der Waals surface area (Å²) in [4.78, 5) is 40.4. The number of aromatic nitrogens is 2. The molecular weight excluding hydrogens is 262 g/mol. The van der Waals surface area contributed by atoms with Gasteiger partial charge in [0.1, 0.15) is 17.2 Å². The number of rotatable bonds is 2. The molecule has 7 heteroatoms. The number of hydrogen-bond donors (Lipinski definition) is 1. The van der Waals surface area contributed by atoms with Crippen molar-refractivity contribution >= 4 is 17.3 Å². The minimum Gasteiger partial charge on any atom is -0.334 e. The first kappa shape index (κ1) is 12.0. The van der Waals surface area contributed by atoms with Crippen LogP contribution in [0, 0.1) is 10.1 Å². The Kier molecular flexibility index (Phi) is 2.53. The van der Waals surface area contributed by atoms with E-state index in [1.165, 1.54) is 18.2 Å². The fraction of sp³-hybridized carbons (Fsp3) is 0. The first-order chi connectivity index (χ1) is 9.58. The highest BCUT2D eigenvalue weighted by Crippen LogP contribution is 2.29. The van der Waals surface area contributed by atoms with Crippen molar-refractivity contribution in [3.63, 3.8) is 0 Å². The highest BCUT2D eigenvalue weighted by Gasteiger charge is 2.26. The van der Waals surface area contributed by atoms with E-state index in [-0.39, 0.29) is 34.2 Å². The molecule has 0 saturated heterocycles. The number of hydrogen-bond acceptors (Lipinski definition) is 5. The fourth-order valence-electron chi connectivity index (χ4n) is 2.00. The Morgan fingerprint density at radius 1 is 1.10 bits per heavy atom. The lowest BCUT2D eigenvalue weighted by Gasteiger charge is -1.99. The Hall–Kier alpha value is -3.09. The SMILES string of the molecule is O=C1C=CC(=O)c2[nH]c(-c3ccccc3[N+](=O)[O-])nc21. The molecule has 0 fully saturated rings. The lowest BCUT2D eigenvalue weighted by Crippen LogP contribution is -2.10. The van der Waals surface area contributed by atoms with Gasteiger partial charge in [0.05, 0.1) is 10.5 Å². The van der Waals surface area contributed by atoms with Crippen molar-refractivity contribution in [2.45, 2.75) is 0 Å². The molecule has 0 unspecified atom stereocenters. The largest absolute Gasteiger partial charge is 0.334 e. The molecule has 0 spiro atoms. The van der Waals surface area contributed by atoms with Crippen molar-refractivity contribution in [3.8, 4) is 11.4 Å². The summed E-state index contributed by atoms with van der Waals surface area (Å²) >= 11 is 0. The average Bonchev–Trinajstić information content (AvgIpc) is 2.89. The monoisotopic (exact) mass is 269 g/mol. The Morgan fingerprint density at radius 3 is 2.50 bits per heavy atom. The summed E-state index contributed by atoms with van der Waals surface area (Å²) in [6.45, 7) is 0. The number of carbonyl (C=O) groups is 2. The minimum atomic E-state index is -0.543. The van der Waals surface area contributed by atoms with Crippen molar-refractivity contribution in [1.29, 1.82) is 0 Å². The quantitative estimate of drug-likeness (QED) is 0.662. The Labute approximate surface area is 112 Å². The Balaban J connectivity index is 2.19. The van der Waals surface area contributed by atoms with Gasteiger partial charge in [-0.2, -0.15) is 0 Å². The number of nitro groups is 1. The highest BCUT2D eigenvalue weighted by molar-refractivity contribution is 6.20. The van der Waals surface area contributed by atoms with Gasteiger partial charge in [-0.1, -0.05) is 12.1 Å². The summed E-state index contributed by atoms with van der Waals surface area (Å²) in [5.74, 6) is -0.648. The van der Waals surface area contributed by atoms with Gasteiger partial charge in [-0.3, -0.25) is 19.7 Å². The van der Waals surface area contributed by atoms with E-state index in [9.17, 15) is 19.7 Å². The molecule has 0 amide bonds. The summed E-state index contributed by atoms with van der Waals surface area (Å²) in [7, 11) is 0. The smallest absolute Gasteiger partial charge is 0.280 e. The first-order valence-corrected chi connectivity index (χ1v) is 5.68. The third-order valence-corrected chi connectivity index (χ3v) is 2.93. The van der Waals surface area contributed by atoms with Crippen LogP contribution >= 0.6 is 0 Å². The molecule has 1 heterocycles. The zero-order valence-corrected chi connectivity index (χ0v) is 9.99. The molecule has 0 saturated carbocycles. The first-order valence-electron chi connectivity index (χ1n) is 5.68. The van der Waals surface area contributed by atoms with Gasteiger partial charge in [-0.05, 0) is 18.2 Å². The van der Waals surface area contributed by atoms with Crippen LogP contribution in [0.4, 0.5) is 5.69 Å². The predicted octanol–water partition coefficient (Wildman–Crippen LogP) is 1.92. The zero-order valence-electron chi connectivity index (χ0n) is 9.99. The molecule has 20 heavy (non-hydrogen) atoms. The van der Waals surface area contributed by atoms with E-state index in [2.05, 4.69) is 9.97 Å². The van der Waals surface area contributed by atoms with Gasteiger partial charge >= 0.3 is 0 Å². The summed E-state index contributed by atoms with van der Waals surface area (Å²) in [6.07, 6.45) is 2.28. The Bertz CT molecular complexity index is 753. The number of fused-ring (bicyclic) bond motifs is 1. The second-order valence-corrected chi connectivity index (χ2v) is 4.15. The number of allylic oxidation sites excluding steroid dienone is 2. The number of carbonyl (C=O) groups excluding carboxylic acids is 2. The van der Waals surface area contributed by atoms with Crippen LogP contribution in [0.1, 0.15) is 21.0 Å². The van der Waals surface area contributed by atoms with Crippen LogP contribution in [0.5, 0.6) is 0 Å². The van der Waals surface area contributed by atoms with Gasteiger partial charge in [-0.25, -0.2) is 4.98 Å². The van der Waals surface area contributed by atoms with Gasteiger partial charge in [0, 0.05) is 6.07 Å². The van der Waals surface area contributed by atoms with Gasteiger partial charge in [0.25, 0.3) is 5.69 Å². The zero-order chi connectivity index (χ0) is 14.3. The van der Waals surface area contributed by atoms with Crippen LogP contribution in [0.2, 0.25) is 0 Å². The molecule has 0 aliphatic heterocycles. The topological polar surface area (TPSA) is 106 Å². The van der Waals surface area contributed by atoms with Crippen LogP contribution < -0.4 is 0 Å². The van der Waals surface area contributed by atoms with Crippen LogP contribution in [0.25, 0.3) is 11.4 Å². The number of imidazole rings is 1. The molecular formula is C13H7N3O4. The minimum absolute atomic E-state index is 0.00866. The van der Waals surface area contributed by atoms with E-state index in [4.69, 9.17) is 0 Å². The number of benzene rings is 1. The highest BCUT2D eigenvalue weighted by atomic mass is 16.6. The molecule has 98 valence electrons. The number of nitro benzene ring substituents is 1. The molecule has 1 aromatic carbocycles. The number of para-hydroxylation sites is 1. The molecule has 1 aliphatic carbocycles. The maximum atomic E-state index is 11.7. The van der Waals surface area contributed by atoms with Gasteiger partial charge < -0.3 is 4.98 Å². The van der Waals surface area contributed by atoms with E-state index < -0.39 is 10.7 Å². The normalized spacial score (nSPS) is 13.4. The van der Waals surface area contributed by atoms with Crippen molar-refractivity contribution in [2.24, 2.45) is 0 Å². The van der Waals surface area contributed by atoms with E-state index >= 15 is 0 Å². The van der Waals surface area contributed by atoms with Gasteiger partial charge in [-0.15, -0.1) is 0 Å². The average molecular weight is 269 g/mol.